The molecule has 0 saturated heterocycles. The van der Waals surface area contributed by atoms with Gasteiger partial charge in [0.05, 0.1) is 26.4 Å². The van der Waals surface area contributed by atoms with E-state index >= 15 is 0 Å². The molecule has 0 aliphatic carbocycles. The highest BCUT2D eigenvalue weighted by atomic mass is 35.5. The SMILES string of the molecule is O=S(=O)(NCc1nnc(-c2cccs2)o1)c1ccc(Cl)c(Cl)c1. The minimum Gasteiger partial charge on any atom is -0.418 e. The zero-order chi connectivity index (χ0) is 16.4. The van der Waals surface area contributed by atoms with Gasteiger partial charge in [-0.15, -0.1) is 21.5 Å². The first-order valence-electron chi connectivity index (χ1n) is 6.27. The zero-order valence-electron chi connectivity index (χ0n) is 11.4. The highest BCUT2D eigenvalue weighted by Gasteiger charge is 2.17. The normalized spacial score (nSPS) is 11.7. The van der Waals surface area contributed by atoms with E-state index in [0.29, 0.717) is 5.89 Å². The van der Waals surface area contributed by atoms with Crippen LogP contribution in [0.2, 0.25) is 10.0 Å². The summed E-state index contributed by atoms with van der Waals surface area (Å²) in [6.45, 7) is -0.124. The quantitative estimate of drug-likeness (QED) is 0.720. The van der Waals surface area contributed by atoms with E-state index in [1.807, 2.05) is 17.5 Å². The lowest BCUT2D eigenvalue weighted by molar-refractivity contribution is 0.495. The summed E-state index contributed by atoms with van der Waals surface area (Å²) in [5.74, 6) is 0.515. The summed E-state index contributed by atoms with van der Waals surface area (Å²) in [5, 5.41) is 10.0. The van der Waals surface area contributed by atoms with Gasteiger partial charge in [-0.1, -0.05) is 29.3 Å². The first kappa shape index (κ1) is 16.4. The van der Waals surface area contributed by atoms with E-state index in [4.69, 9.17) is 27.6 Å². The Morgan fingerprint density at radius 3 is 2.70 bits per heavy atom. The molecule has 1 aromatic carbocycles. The van der Waals surface area contributed by atoms with Gasteiger partial charge in [0.15, 0.2) is 0 Å². The number of hydrogen-bond acceptors (Lipinski definition) is 6. The topological polar surface area (TPSA) is 85.1 Å². The van der Waals surface area contributed by atoms with E-state index in [1.54, 1.807) is 0 Å². The van der Waals surface area contributed by atoms with E-state index in [1.165, 1.54) is 29.5 Å². The van der Waals surface area contributed by atoms with Crippen LogP contribution in [0.25, 0.3) is 10.8 Å². The number of nitrogens with zero attached hydrogens (tertiary/aromatic N) is 2. The molecule has 0 aliphatic rings. The second-order valence-electron chi connectivity index (χ2n) is 4.38. The Hall–Kier alpha value is -1.45. The molecule has 2 aromatic heterocycles. The van der Waals surface area contributed by atoms with E-state index in [2.05, 4.69) is 14.9 Å². The number of aromatic nitrogens is 2. The summed E-state index contributed by atoms with van der Waals surface area (Å²) < 4.78 is 32.2. The second kappa shape index (κ2) is 6.58. The van der Waals surface area contributed by atoms with Crippen molar-refractivity contribution in [1.29, 1.82) is 0 Å². The largest absolute Gasteiger partial charge is 0.418 e. The molecule has 2 heterocycles. The van der Waals surface area contributed by atoms with E-state index in [-0.39, 0.29) is 27.4 Å². The average Bonchev–Trinajstić information content (AvgIpc) is 3.18. The second-order valence-corrected chi connectivity index (χ2v) is 7.91. The fraction of sp³-hybridized carbons (Fsp3) is 0.0769. The molecule has 6 nitrogen and oxygen atoms in total. The van der Waals surface area contributed by atoms with Gasteiger partial charge in [0.2, 0.25) is 15.9 Å². The van der Waals surface area contributed by atoms with Gasteiger partial charge in [0.1, 0.15) is 0 Å². The molecule has 23 heavy (non-hydrogen) atoms. The molecule has 0 bridgehead atoms. The Balaban J connectivity index is 1.73. The lowest BCUT2D eigenvalue weighted by Gasteiger charge is -2.05. The minimum absolute atomic E-state index is 0.00453. The number of sulfonamides is 1. The Bertz CT molecular complexity index is 924. The molecule has 0 atom stereocenters. The highest BCUT2D eigenvalue weighted by Crippen LogP contribution is 2.25. The molecule has 0 aliphatic heterocycles. The fourth-order valence-corrected chi connectivity index (χ4v) is 3.72. The predicted octanol–water partition coefficient (Wildman–Crippen LogP) is 3.58. The van der Waals surface area contributed by atoms with Gasteiger partial charge in [-0.25, -0.2) is 13.1 Å². The van der Waals surface area contributed by atoms with Crippen molar-refractivity contribution < 1.29 is 12.8 Å². The van der Waals surface area contributed by atoms with E-state index in [0.717, 1.165) is 4.88 Å². The van der Waals surface area contributed by atoms with Crippen LogP contribution >= 0.6 is 34.5 Å². The van der Waals surface area contributed by atoms with Gasteiger partial charge < -0.3 is 4.42 Å². The summed E-state index contributed by atoms with van der Waals surface area (Å²) in [4.78, 5) is 0.820. The van der Waals surface area contributed by atoms with Gasteiger partial charge in [0, 0.05) is 0 Å². The van der Waals surface area contributed by atoms with Crippen molar-refractivity contribution in [2.24, 2.45) is 0 Å². The van der Waals surface area contributed by atoms with Crippen LogP contribution in [-0.2, 0) is 16.6 Å². The number of rotatable bonds is 5. The molecule has 0 amide bonds. The van der Waals surface area contributed by atoms with Crippen molar-refractivity contribution in [3.8, 4) is 10.8 Å². The third kappa shape index (κ3) is 3.73. The van der Waals surface area contributed by atoms with Gasteiger partial charge in [-0.3, -0.25) is 0 Å². The molecular formula is C13H9Cl2N3O3S2. The molecule has 0 spiro atoms. The van der Waals surface area contributed by atoms with Crippen LogP contribution < -0.4 is 4.72 Å². The Morgan fingerprint density at radius 1 is 1.17 bits per heavy atom. The summed E-state index contributed by atoms with van der Waals surface area (Å²) in [7, 11) is -3.76. The van der Waals surface area contributed by atoms with Crippen molar-refractivity contribution >= 4 is 44.6 Å². The fourth-order valence-electron chi connectivity index (χ4n) is 1.71. The minimum atomic E-state index is -3.76. The van der Waals surface area contributed by atoms with Gasteiger partial charge in [0.25, 0.3) is 5.89 Å². The number of nitrogens with one attached hydrogen (secondary N) is 1. The molecule has 0 unspecified atom stereocenters. The van der Waals surface area contributed by atoms with Crippen molar-refractivity contribution in [3.63, 3.8) is 0 Å². The van der Waals surface area contributed by atoms with Gasteiger partial charge in [-0.2, -0.15) is 0 Å². The predicted molar refractivity (Wildman–Crippen MR) is 88.1 cm³/mol. The monoisotopic (exact) mass is 389 g/mol. The van der Waals surface area contributed by atoms with E-state index in [9.17, 15) is 8.42 Å². The molecule has 0 fully saturated rings. The maximum Gasteiger partial charge on any atom is 0.257 e. The van der Waals surface area contributed by atoms with Crippen LogP contribution in [0.5, 0.6) is 0 Å². The summed E-state index contributed by atoms with van der Waals surface area (Å²) in [5.41, 5.74) is 0. The average molecular weight is 390 g/mol. The first-order chi connectivity index (χ1) is 11.0. The first-order valence-corrected chi connectivity index (χ1v) is 9.38. The van der Waals surface area contributed by atoms with Crippen molar-refractivity contribution in [2.45, 2.75) is 11.4 Å². The molecule has 3 aromatic rings. The summed E-state index contributed by atoms with van der Waals surface area (Å²) in [6, 6.07) is 7.75. The third-order valence-corrected chi connectivity index (χ3v) is 5.81. The smallest absolute Gasteiger partial charge is 0.257 e. The van der Waals surface area contributed by atoms with Gasteiger partial charge in [-0.05, 0) is 29.6 Å². The third-order valence-electron chi connectivity index (χ3n) is 2.81. The van der Waals surface area contributed by atoms with Crippen LogP contribution in [0.3, 0.4) is 0 Å². The maximum absolute atomic E-state index is 12.2. The standard InChI is InChI=1S/C13H9Cl2N3O3S2/c14-9-4-3-8(6-10(9)15)23(19,20)16-7-12-17-18-13(21-12)11-2-1-5-22-11/h1-6,16H,7H2. The number of halogens is 2. The number of thiophene rings is 1. The van der Waals surface area contributed by atoms with Crippen LogP contribution in [0.15, 0.2) is 45.0 Å². The molecule has 3 rings (SSSR count). The lowest BCUT2D eigenvalue weighted by Crippen LogP contribution is -2.23. The van der Waals surface area contributed by atoms with Crippen molar-refractivity contribution in [1.82, 2.24) is 14.9 Å². The zero-order valence-corrected chi connectivity index (χ0v) is 14.5. The molecule has 0 radical (unpaired) electrons. The molecule has 10 heteroatoms. The van der Waals surface area contributed by atoms with E-state index < -0.39 is 10.0 Å². The molecular weight excluding hydrogens is 381 g/mol. The van der Waals surface area contributed by atoms with Crippen molar-refractivity contribution in [3.05, 3.63) is 51.6 Å². The molecule has 0 saturated carbocycles. The summed E-state index contributed by atoms with van der Waals surface area (Å²) >= 11 is 13.1. The summed E-state index contributed by atoms with van der Waals surface area (Å²) in [6.07, 6.45) is 0. The van der Waals surface area contributed by atoms with Crippen LogP contribution in [0.1, 0.15) is 5.89 Å². The molecule has 120 valence electrons. The lowest BCUT2D eigenvalue weighted by atomic mass is 10.4. The number of hydrogen-bond donors (Lipinski definition) is 1. The Kier molecular flexibility index (Phi) is 4.69. The van der Waals surface area contributed by atoms with Crippen LogP contribution in [-0.4, -0.2) is 18.6 Å². The Morgan fingerprint density at radius 2 is 2.00 bits per heavy atom. The van der Waals surface area contributed by atoms with Crippen molar-refractivity contribution in [2.75, 3.05) is 0 Å². The Labute approximate surface area is 146 Å². The van der Waals surface area contributed by atoms with Gasteiger partial charge >= 0.3 is 0 Å². The maximum atomic E-state index is 12.2. The number of benzene rings is 1. The highest BCUT2D eigenvalue weighted by molar-refractivity contribution is 7.89. The molecule has 1 N–H and O–H groups in total. The van der Waals surface area contributed by atoms with Crippen LogP contribution in [0, 0.1) is 0 Å². The van der Waals surface area contributed by atoms with Crippen LogP contribution in [0.4, 0.5) is 0 Å².